The molecule has 1 aromatic heterocycles. The van der Waals surface area contributed by atoms with E-state index in [0.717, 1.165) is 18.3 Å². The van der Waals surface area contributed by atoms with E-state index in [0.29, 0.717) is 32.5 Å². The Morgan fingerprint density at radius 1 is 1.24 bits per heavy atom. The van der Waals surface area contributed by atoms with Gasteiger partial charge in [0.15, 0.2) is 5.82 Å². The van der Waals surface area contributed by atoms with Crippen molar-refractivity contribution in [3.63, 3.8) is 0 Å². The Hall–Kier alpha value is -2.55. The van der Waals surface area contributed by atoms with Crippen molar-refractivity contribution in [2.75, 3.05) is 19.6 Å². The maximum absolute atomic E-state index is 14.0. The van der Waals surface area contributed by atoms with Gasteiger partial charge in [-0.25, -0.2) is 18.6 Å². The van der Waals surface area contributed by atoms with Gasteiger partial charge in [0.25, 0.3) is 5.56 Å². The highest BCUT2D eigenvalue weighted by Gasteiger charge is 2.35. The number of aromatic nitrogens is 2. The Kier molecular flexibility index (Phi) is 5.88. The summed E-state index contributed by atoms with van der Waals surface area (Å²) in [5.41, 5.74) is -0.792. The highest BCUT2D eigenvalue weighted by molar-refractivity contribution is 5.75. The number of piperidine rings is 1. The average Bonchev–Trinajstić information content (AvgIpc) is 2.60. The topological polar surface area (TPSA) is 78.7 Å². The molecule has 2 heterocycles. The van der Waals surface area contributed by atoms with E-state index in [-0.39, 0.29) is 23.6 Å². The second kappa shape index (κ2) is 8.06. The third-order valence-electron chi connectivity index (χ3n) is 5.36. The Bertz CT molecular complexity index is 963. The average molecular weight is 408 g/mol. The number of nitrogens with zero attached hydrogens (tertiary/aromatic N) is 4. The third-order valence-corrected chi connectivity index (χ3v) is 5.36. The van der Waals surface area contributed by atoms with E-state index in [2.05, 4.69) is 9.88 Å². The molecule has 7 nitrogen and oxygen atoms in total. The van der Waals surface area contributed by atoms with Crippen LogP contribution in [-0.4, -0.2) is 61.8 Å². The summed E-state index contributed by atoms with van der Waals surface area (Å²) in [5.74, 6) is -1.56. The lowest BCUT2D eigenvalue weighted by Crippen LogP contribution is -2.54. The number of amides is 1. The van der Waals surface area contributed by atoms with E-state index in [9.17, 15) is 23.5 Å². The molecule has 0 atom stereocenters. The summed E-state index contributed by atoms with van der Waals surface area (Å²) in [5, 5.41) is 9.56. The molecule has 0 unspecified atom stereocenters. The van der Waals surface area contributed by atoms with Gasteiger partial charge in [-0.2, -0.15) is 0 Å². The number of likely N-dealkylation sites (tertiary alicyclic amines) is 1. The van der Waals surface area contributed by atoms with Crippen LogP contribution in [0.2, 0.25) is 0 Å². The Labute approximate surface area is 167 Å². The van der Waals surface area contributed by atoms with Crippen LogP contribution >= 0.6 is 0 Å². The van der Waals surface area contributed by atoms with E-state index in [1.54, 1.807) is 0 Å². The monoisotopic (exact) mass is 408 g/mol. The minimum Gasteiger partial charge on any atom is -0.465 e. The first-order valence-corrected chi connectivity index (χ1v) is 9.67. The van der Waals surface area contributed by atoms with E-state index >= 15 is 0 Å². The Morgan fingerprint density at radius 3 is 2.48 bits per heavy atom. The molecule has 0 bridgehead atoms. The predicted molar refractivity (Wildman–Crippen MR) is 105 cm³/mol. The SMILES string of the molecule is CC(C)(C)N(C(=O)O)C1CCN(CCn2c(=O)cnc3c(F)cc(F)cc32)CC1. The van der Waals surface area contributed by atoms with Crippen LogP contribution in [0, 0.1) is 11.6 Å². The third kappa shape index (κ3) is 4.55. The fraction of sp³-hybridized carbons (Fsp3) is 0.550. The van der Waals surface area contributed by atoms with E-state index in [1.807, 2.05) is 20.8 Å². The highest BCUT2D eigenvalue weighted by Crippen LogP contribution is 2.25. The highest BCUT2D eigenvalue weighted by atomic mass is 19.1. The molecule has 0 spiro atoms. The van der Waals surface area contributed by atoms with Gasteiger partial charge in [0, 0.05) is 49.9 Å². The zero-order chi connectivity index (χ0) is 21.3. The van der Waals surface area contributed by atoms with Crippen molar-refractivity contribution in [3.05, 3.63) is 40.3 Å². The smallest absolute Gasteiger partial charge is 0.407 e. The molecule has 158 valence electrons. The Morgan fingerprint density at radius 2 is 1.90 bits per heavy atom. The van der Waals surface area contributed by atoms with Crippen LogP contribution < -0.4 is 5.56 Å². The summed E-state index contributed by atoms with van der Waals surface area (Å²) in [7, 11) is 0. The van der Waals surface area contributed by atoms with E-state index in [1.165, 1.54) is 9.47 Å². The molecule has 1 aliphatic rings. The number of hydrogen-bond donors (Lipinski definition) is 1. The lowest BCUT2D eigenvalue weighted by atomic mass is 9.97. The molecule has 1 aliphatic heterocycles. The summed E-state index contributed by atoms with van der Waals surface area (Å²) in [4.78, 5) is 31.3. The lowest BCUT2D eigenvalue weighted by Gasteiger charge is -2.43. The van der Waals surface area contributed by atoms with Gasteiger partial charge < -0.3 is 19.5 Å². The molecular formula is C20H26F2N4O3. The standard InChI is InChI=1S/C20H26F2N4O3/c1-20(2,3)26(19(28)29)14-4-6-24(7-5-14)8-9-25-16-11-13(21)10-15(22)18(16)23-12-17(25)27/h10-12,14H,4-9H2,1-3H3,(H,28,29). The van der Waals surface area contributed by atoms with Crippen LogP contribution in [0.5, 0.6) is 0 Å². The second-order valence-corrected chi connectivity index (χ2v) is 8.40. The van der Waals surface area contributed by atoms with Gasteiger partial charge >= 0.3 is 6.09 Å². The normalized spacial score (nSPS) is 16.3. The molecule has 2 aromatic rings. The fourth-order valence-electron chi connectivity index (χ4n) is 4.06. The number of carbonyl (C=O) groups is 1. The summed E-state index contributed by atoms with van der Waals surface area (Å²) in [6.07, 6.45) is 1.51. The first kappa shape index (κ1) is 21.2. The largest absolute Gasteiger partial charge is 0.465 e. The van der Waals surface area contributed by atoms with Gasteiger partial charge in [-0.3, -0.25) is 4.79 Å². The molecule has 1 N–H and O–H groups in total. The van der Waals surface area contributed by atoms with Crippen molar-refractivity contribution in [1.82, 2.24) is 19.4 Å². The van der Waals surface area contributed by atoms with E-state index in [4.69, 9.17) is 0 Å². The molecule has 3 rings (SSSR count). The maximum atomic E-state index is 14.0. The van der Waals surface area contributed by atoms with Gasteiger partial charge in [0.05, 0.1) is 11.7 Å². The van der Waals surface area contributed by atoms with Gasteiger partial charge in [-0.05, 0) is 33.6 Å². The molecular weight excluding hydrogens is 382 g/mol. The lowest BCUT2D eigenvalue weighted by molar-refractivity contribution is 0.0417. The Balaban J connectivity index is 1.69. The molecule has 0 aliphatic carbocycles. The van der Waals surface area contributed by atoms with Crippen molar-refractivity contribution < 1.29 is 18.7 Å². The molecule has 0 saturated carbocycles. The first-order valence-electron chi connectivity index (χ1n) is 9.67. The van der Waals surface area contributed by atoms with Crippen molar-refractivity contribution in [2.24, 2.45) is 0 Å². The molecule has 1 amide bonds. The molecule has 1 saturated heterocycles. The summed E-state index contributed by atoms with van der Waals surface area (Å²) < 4.78 is 28.9. The quantitative estimate of drug-likeness (QED) is 0.842. The van der Waals surface area contributed by atoms with Crippen LogP contribution in [0.4, 0.5) is 13.6 Å². The van der Waals surface area contributed by atoms with Crippen LogP contribution in [0.1, 0.15) is 33.6 Å². The van der Waals surface area contributed by atoms with Crippen LogP contribution in [0.3, 0.4) is 0 Å². The summed E-state index contributed by atoms with van der Waals surface area (Å²) in [6.45, 7) is 7.81. The van der Waals surface area contributed by atoms with Crippen molar-refractivity contribution >= 4 is 17.1 Å². The van der Waals surface area contributed by atoms with Crippen molar-refractivity contribution in [3.8, 4) is 0 Å². The predicted octanol–water partition coefficient (Wildman–Crippen LogP) is 2.92. The fourth-order valence-corrected chi connectivity index (χ4v) is 4.06. The number of fused-ring (bicyclic) bond motifs is 1. The molecule has 9 heteroatoms. The first-order chi connectivity index (χ1) is 13.6. The van der Waals surface area contributed by atoms with Gasteiger partial charge in [0.1, 0.15) is 11.3 Å². The van der Waals surface area contributed by atoms with Crippen LogP contribution in [0.25, 0.3) is 11.0 Å². The summed E-state index contributed by atoms with van der Waals surface area (Å²) >= 11 is 0. The molecule has 1 fully saturated rings. The van der Waals surface area contributed by atoms with Crippen LogP contribution in [0.15, 0.2) is 23.1 Å². The number of halogens is 2. The maximum Gasteiger partial charge on any atom is 0.407 e. The number of hydrogen-bond acceptors (Lipinski definition) is 4. The summed E-state index contributed by atoms with van der Waals surface area (Å²) in [6, 6.07) is 1.81. The second-order valence-electron chi connectivity index (χ2n) is 8.40. The zero-order valence-corrected chi connectivity index (χ0v) is 16.9. The van der Waals surface area contributed by atoms with Gasteiger partial charge in [-0.15, -0.1) is 0 Å². The number of benzene rings is 1. The minimum atomic E-state index is -0.921. The molecule has 0 radical (unpaired) electrons. The minimum absolute atomic E-state index is 0.0352. The molecule has 1 aromatic carbocycles. The van der Waals surface area contributed by atoms with Gasteiger partial charge in [0.2, 0.25) is 0 Å². The number of rotatable bonds is 4. The van der Waals surface area contributed by atoms with Crippen molar-refractivity contribution in [2.45, 2.75) is 51.7 Å². The van der Waals surface area contributed by atoms with Gasteiger partial charge in [-0.1, -0.05) is 0 Å². The van der Waals surface area contributed by atoms with Crippen molar-refractivity contribution in [1.29, 1.82) is 0 Å². The molecule has 29 heavy (non-hydrogen) atoms. The van der Waals surface area contributed by atoms with Crippen LogP contribution in [-0.2, 0) is 6.54 Å². The number of carboxylic acid groups (broad SMARTS) is 1. The van der Waals surface area contributed by atoms with E-state index < -0.39 is 28.8 Å². The zero-order valence-electron chi connectivity index (χ0n) is 16.9.